The van der Waals surface area contributed by atoms with Crippen LogP contribution in [0.25, 0.3) is 0 Å². The van der Waals surface area contributed by atoms with Gasteiger partial charge in [0, 0.05) is 28.0 Å². The van der Waals surface area contributed by atoms with Gasteiger partial charge >= 0.3 is 5.97 Å². The van der Waals surface area contributed by atoms with Crippen molar-refractivity contribution in [3.8, 4) is 0 Å². The van der Waals surface area contributed by atoms with E-state index < -0.39 is 5.97 Å². The van der Waals surface area contributed by atoms with Crippen molar-refractivity contribution in [2.24, 2.45) is 0 Å². The summed E-state index contributed by atoms with van der Waals surface area (Å²) < 4.78 is 0. The first-order valence-electron chi connectivity index (χ1n) is 8.90. The quantitative estimate of drug-likeness (QED) is 0.424. The normalized spacial score (nSPS) is 8.08. The van der Waals surface area contributed by atoms with Gasteiger partial charge in [0.05, 0.1) is 0 Å². The van der Waals surface area contributed by atoms with Gasteiger partial charge in [-0.2, -0.15) is 19.3 Å². The zero-order valence-electron chi connectivity index (χ0n) is 16.8. The first-order valence-corrected chi connectivity index (χ1v) is 8.90. The van der Waals surface area contributed by atoms with Crippen molar-refractivity contribution in [1.29, 1.82) is 0 Å². The van der Waals surface area contributed by atoms with Gasteiger partial charge in [-0.1, -0.05) is 58.2 Å². The molecule has 0 unspecified atom stereocenters. The Bertz CT molecular complexity index is 382. The largest absolute Gasteiger partial charge is 0.563 e. The van der Waals surface area contributed by atoms with Gasteiger partial charge in [0.1, 0.15) is 0 Å². The summed E-state index contributed by atoms with van der Waals surface area (Å²) in [6.07, 6.45) is 6.83. The van der Waals surface area contributed by atoms with E-state index >= 15 is 0 Å². The van der Waals surface area contributed by atoms with Gasteiger partial charge in [-0.15, -0.1) is 0 Å². The topological polar surface area (TPSA) is 69.1 Å². The van der Waals surface area contributed by atoms with E-state index in [4.69, 9.17) is 5.11 Å². The summed E-state index contributed by atoms with van der Waals surface area (Å²) in [5.41, 5.74) is 0.490. The van der Waals surface area contributed by atoms with Crippen LogP contribution in [-0.4, -0.2) is 41.1 Å². The molecule has 0 heterocycles. The molecule has 3 N–H and O–H groups in total. The molecule has 5 heteroatoms. The van der Waals surface area contributed by atoms with Crippen LogP contribution >= 0.6 is 0 Å². The van der Waals surface area contributed by atoms with Crippen molar-refractivity contribution in [2.45, 2.75) is 59.3 Å². The van der Waals surface area contributed by atoms with Gasteiger partial charge in [-0.05, 0) is 12.1 Å². The zero-order valence-corrected chi connectivity index (χ0v) is 18.9. The number of carbonyl (C=O) groups is 2. The number of amides is 1. The zero-order chi connectivity index (χ0) is 19.9. The van der Waals surface area contributed by atoms with Gasteiger partial charge in [-0.25, -0.2) is 0 Å². The Kier molecular flexibility index (Phi) is 35.5. The molecule has 0 aromatic heterocycles. The fourth-order valence-corrected chi connectivity index (χ4v) is 0.852. The van der Waals surface area contributed by atoms with Crippen LogP contribution in [0.15, 0.2) is 30.3 Å². The molecule has 0 aliphatic heterocycles. The minimum absolute atomic E-state index is 0. The molecule has 1 amide bonds. The van der Waals surface area contributed by atoms with Crippen molar-refractivity contribution in [1.82, 2.24) is 5.32 Å². The van der Waals surface area contributed by atoms with Crippen molar-refractivity contribution >= 4 is 29.5 Å². The van der Waals surface area contributed by atoms with Crippen LogP contribution in [0.2, 0.25) is 0 Å². The van der Waals surface area contributed by atoms with Gasteiger partial charge in [0.25, 0.3) is 5.91 Å². The van der Waals surface area contributed by atoms with Gasteiger partial charge in [-0.3, -0.25) is 4.79 Å². The minimum atomic E-state index is -0.802. The first-order chi connectivity index (χ1) is 11.9. The molecule has 0 saturated carbocycles. The molecule has 4 nitrogen and oxygen atoms in total. The van der Waals surface area contributed by atoms with Crippen LogP contribution in [0.1, 0.15) is 69.7 Å². The van der Waals surface area contributed by atoms with Crippen LogP contribution < -0.4 is 5.32 Å². The van der Waals surface area contributed by atoms with E-state index in [-0.39, 0.29) is 30.0 Å². The van der Waals surface area contributed by atoms with Crippen molar-refractivity contribution in [3.63, 3.8) is 0 Å². The maximum Gasteiger partial charge on any atom is 0.535 e. The van der Waals surface area contributed by atoms with Crippen LogP contribution in [0.3, 0.4) is 0 Å². The Hall–Kier alpha value is -1.30. The molecule has 0 aliphatic carbocycles. The second-order valence-electron chi connectivity index (χ2n) is 5.03. The van der Waals surface area contributed by atoms with Crippen LogP contribution in [-0.2, 0) is 4.79 Å². The molecular formula is C21H37GeNO3-2. The molecule has 1 aromatic rings. The summed E-state index contributed by atoms with van der Waals surface area (Å²) in [5.74, 6) is -1.13. The second kappa shape index (κ2) is 28.5. The van der Waals surface area contributed by atoms with Crippen molar-refractivity contribution < 1.29 is 14.7 Å². The average Bonchev–Trinajstić information content (AvgIpc) is 2.67. The third kappa shape index (κ3) is 30.6. The number of unbranched alkanes of at least 4 members (excludes halogenated alkanes) is 3. The van der Waals surface area contributed by atoms with Crippen LogP contribution in [0, 0.1) is 20.8 Å². The standard InChI is InChI=1S/C9H9NO3.3C4H9.Ge/c11-8(12)6-10-9(13)7-4-2-1-3-5-7;3*1-3-4-2;/h1-5H,6H2,(H,10,13)(H,11,12);3*1,3-4H2,2H3;/q;3*-1;/p+1. The predicted octanol–water partition coefficient (Wildman–Crippen LogP) is 4.15. The maximum absolute atomic E-state index is 11.2. The molecule has 1 rings (SSSR count). The summed E-state index contributed by atoms with van der Waals surface area (Å²) in [7, 11) is 0. The Morgan fingerprint density at radius 3 is 1.50 bits per heavy atom. The monoisotopic (exact) mass is 425 g/mol. The molecule has 0 saturated heterocycles. The van der Waals surface area contributed by atoms with Crippen LogP contribution in [0.5, 0.6) is 0 Å². The molecular weight excluding hydrogens is 387 g/mol. The summed E-state index contributed by atoms with van der Waals surface area (Å²) >= 11 is 0. The van der Waals surface area contributed by atoms with E-state index in [1.807, 2.05) is 0 Å². The van der Waals surface area contributed by atoms with Crippen molar-refractivity contribution in [3.05, 3.63) is 56.7 Å². The van der Waals surface area contributed by atoms with E-state index in [1.54, 1.807) is 30.3 Å². The minimum Gasteiger partial charge on any atom is -0.563 e. The molecule has 150 valence electrons. The van der Waals surface area contributed by atoms with E-state index in [9.17, 15) is 9.59 Å². The number of carbonyl (C=O) groups excluding carboxylic acids is 2. The summed E-state index contributed by atoms with van der Waals surface area (Å²) in [6.45, 7) is 16.9. The maximum atomic E-state index is 11.2. The van der Waals surface area contributed by atoms with E-state index in [0.29, 0.717) is 5.56 Å². The van der Waals surface area contributed by atoms with Crippen LogP contribution in [0.4, 0.5) is 0 Å². The SMILES string of the molecule is O=C([OH2+])CNC(=O)c1ccccc1.[CH2-]CCC.[CH2-]CCC.[CH2-]CCC.[Ge]. The molecule has 0 fully saturated rings. The molecule has 1 aromatic carbocycles. The van der Waals surface area contributed by atoms with Gasteiger partial charge in [0.2, 0.25) is 0 Å². The number of rotatable bonds is 6. The summed E-state index contributed by atoms with van der Waals surface area (Å²) in [6, 6.07) is 8.55. The number of hydrogen-bond acceptors (Lipinski definition) is 2. The van der Waals surface area contributed by atoms with Crippen molar-refractivity contribution in [2.75, 3.05) is 6.54 Å². The van der Waals surface area contributed by atoms with E-state index in [2.05, 4.69) is 46.9 Å². The number of benzene rings is 1. The fraction of sp³-hybridized carbons (Fsp3) is 0.476. The Morgan fingerprint density at radius 2 is 1.23 bits per heavy atom. The second-order valence-corrected chi connectivity index (χ2v) is 5.03. The third-order valence-corrected chi connectivity index (χ3v) is 2.51. The molecule has 0 aliphatic rings. The van der Waals surface area contributed by atoms with E-state index in [0.717, 1.165) is 19.3 Å². The molecule has 0 spiro atoms. The molecule has 0 bridgehead atoms. The first kappa shape index (κ1) is 32.4. The molecule has 26 heavy (non-hydrogen) atoms. The average molecular weight is 424 g/mol. The van der Waals surface area contributed by atoms with Gasteiger partial charge in [0.15, 0.2) is 6.54 Å². The smallest absolute Gasteiger partial charge is 0.535 e. The Morgan fingerprint density at radius 1 is 0.885 bits per heavy atom. The summed E-state index contributed by atoms with van der Waals surface area (Å²) in [4.78, 5) is 21.4. The summed E-state index contributed by atoms with van der Waals surface area (Å²) in [5, 5.41) is 8.90. The third-order valence-electron chi connectivity index (χ3n) is 2.51. The number of nitrogens with one attached hydrogen (secondary N) is 1. The Labute approximate surface area is 172 Å². The Balaban J connectivity index is -0.000000155. The van der Waals surface area contributed by atoms with Gasteiger partial charge < -0.3 is 31.2 Å². The van der Waals surface area contributed by atoms with E-state index in [1.165, 1.54) is 19.3 Å². The molecule has 4 radical (unpaired) electrons. The number of hydrogen-bond donors (Lipinski definition) is 1. The molecule has 0 atom stereocenters. The predicted molar refractivity (Wildman–Crippen MR) is 114 cm³/mol. The fourth-order valence-electron chi connectivity index (χ4n) is 0.852.